The van der Waals surface area contributed by atoms with Gasteiger partial charge in [0.15, 0.2) is 5.16 Å². The van der Waals surface area contributed by atoms with E-state index < -0.39 is 10.7 Å². The van der Waals surface area contributed by atoms with Gasteiger partial charge in [-0.2, -0.15) is 0 Å². The minimum absolute atomic E-state index is 0.517. The first-order valence-corrected chi connectivity index (χ1v) is 5.65. The van der Waals surface area contributed by atoms with Crippen LogP contribution in [0.2, 0.25) is 0 Å². The number of hydrogen-bond donors (Lipinski definition) is 1. The van der Waals surface area contributed by atoms with Crippen molar-refractivity contribution >= 4 is 17.7 Å². The normalized spacial score (nSPS) is 11.3. The molecule has 0 bridgehead atoms. The molecule has 0 aliphatic carbocycles. The van der Waals surface area contributed by atoms with Crippen LogP contribution in [0.4, 0.5) is 0 Å². The van der Waals surface area contributed by atoms with E-state index in [4.69, 9.17) is 0 Å². The second-order valence-electron chi connectivity index (χ2n) is 3.14. The summed E-state index contributed by atoms with van der Waals surface area (Å²) >= 11 is 1.22. The lowest BCUT2D eigenvalue weighted by atomic mass is 10.0. The van der Waals surface area contributed by atoms with E-state index in [9.17, 15) is 9.90 Å². The Balaban J connectivity index is 2.89. The van der Waals surface area contributed by atoms with Gasteiger partial charge in [-0.1, -0.05) is 25.6 Å². The third-order valence-corrected chi connectivity index (χ3v) is 3.90. The first-order chi connectivity index (χ1) is 7.14. The maximum absolute atomic E-state index is 11.2. The lowest BCUT2D eigenvalue weighted by Crippen LogP contribution is -2.33. The van der Waals surface area contributed by atoms with E-state index >= 15 is 0 Å². The smallest absolute Gasteiger partial charge is 0.320 e. The fraction of sp³-hybridized carbons (Fsp3) is 0.500. The van der Waals surface area contributed by atoms with Gasteiger partial charge >= 0.3 is 5.97 Å². The zero-order valence-corrected chi connectivity index (χ0v) is 9.62. The zero-order chi connectivity index (χ0) is 11.3. The first kappa shape index (κ1) is 12.0. The molecule has 1 aromatic rings. The number of rotatable bonds is 5. The van der Waals surface area contributed by atoms with E-state index in [1.807, 2.05) is 13.8 Å². The van der Waals surface area contributed by atoms with Crippen LogP contribution in [0.5, 0.6) is 0 Å². The van der Waals surface area contributed by atoms with Crippen molar-refractivity contribution in [1.29, 1.82) is 0 Å². The SMILES string of the molecule is CCC(CC)(Sc1ncccn1)C(=O)O. The molecule has 1 aromatic heterocycles. The molecule has 0 spiro atoms. The Morgan fingerprint density at radius 1 is 1.40 bits per heavy atom. The summed E-state index contributed by atoms with van der Waals surface area (Å²) in [6, 6.07) is 1.71. The highest BCUT2D eigenvalue weighted by molar-refractivity contribution is 8.01. The number of nitrogens with zero attached hydrogens (tertiary/aromatic N) is 2. The van der Waals surface area contributed by atoms with Crippen molar-refractivity contribution in [2.75, 3.05) is 0 Å². The van der Waals surface area contributed by atoms with Crippen LogP contribution >= 0.6 is 11.8 Å². The van der Waals surface area contributed by atoms with E-state index in [2.05, 4.69) is 9.97 Å². The predicted molar refractivity (Wildman–Crippen MR) is 58.8 cm³/mol. The second kappa shape index (κ2) is 5.11. The molecule has 4 nitrogen and oxygen atoms in total. The van der Waals surface area contributed by atoms with Crippen molar-refractivity contribution in [1.82, 2.24) is 9.97 Å². The molecule has 0 aliphatic rings. The fourth-order valence-corrected chi connectivity index (χ4v) is 2.21. The lowest BCUT2D eigenvalue weighted by Gasteiger charge is -2.24. The molecule has 5 heteroatoms. The van der Waals surface area contributed by atoms with Crippen LogP contribution in [0.25, 0.3) is 0 Å². The first-order valence-electron chi connectivity index (χ1n) is 4.84. The van der Waals surface area contributed by atoms with Gasteiger partial charge in [-0.25, -0.2) is 9.97 Å². The Labute approximate surface area is 93.1 Å². The maximum Gasteiger partial charge on any atom is 0.320 e. The summed E-state index contributed by atoms with van der Waals surface area (Å²) in [5, 5.41) is 9.73. The van der Waals surface area contributed by atoms with Crippen LogP contribution in [0.15, 0.2) is 23.6 Å². The van der Waals surface area contributed by atoms with E-state index in [-0.39, 0.29) is 0 Å². The third-order valence-electron chi connectivity index (χ3n) is 2.36. The Bertz CT molecular complexity index is 325. The van der Waals surface area contributed by atoms with Crippen molar-refractivity contribution in [2.45, 2.75) is 36.6 Å². The second-order valence-corrected chi connectivity index (χ2v) is 4.49. The van der Waals surface area contributed by atoms with Crippen LogP contribution in [0, 0.1) is 0 Å². The minimum Gasteiger partial charge on any atom is -0.480 e. The standard InChI is InChI=1S/C10H14N2O2S/c1-3-10(4-2,8(13)14)15-9-11-6-5-7-12-9/h5-7H,3-4H2,1-2H3,(H,13,14). The number of carboxylic acid groups (broad SMARTS) is 1. The highest BCUT2D eigenvalue weighted by Gasteiger charge is 2.37. The molecule has 0 atom stereocenters. The van der Waals surface area contributed by atoms with Gasteiger partial charge in [0.05, 0.1) is 0 Å². The Kier molecular flexibility index (Phi) is 4.08. The van der Waals surface area contributed by atoms with Crippen LogP contribution in [-0.4, -0.2) is 25.8 Å². The predicted octanol–water partition coefficient (Wildman–Crippen LogP) is 2.21. The topological polar surface area (TPSA) is 63.1 Å². The van der Waals surface area contributed by atoms with Crippen LogP contribution in [0.3, 0.4) is 0 Å². The average Bonchev–Trinajstić information content (AvgIpc) is 2.27. The molecule has 0 unspecified atom stereocenters. The monoisotopic (exact) mass is 226 g/mol. The highest BCUT2D eigenvalue weighted by atomic mass is 32.2. The molecule has 0 saturated carbocycles. The third kappa shape index (κ3) is 2.68. The summed E-state index contributed by atoms with van der Waals surface area (Å²) in [5.74, 6) is -0.801. The molecule has 1 N–H and O–H groups in total. The molecule has 0 aliphatic heterocycles. The molecule has 15 heavy (non-hydrogen) atoms. The van der Waals surface area contributed by atoms with Crippen LogP contribution in [-0.2, 0) is 4.79 Å². The van der Waals surface area contributed by atoms with E-state index in [0.717, 1.165) is 0 Å². The summed E-state index contributed by atoms with van der Waals surface area (Å²) in [6.07, 6.45) is 4.35. The summed E-state index contributed by atoms with van der Waals surface area (Å²) in [7, 11) is 0. The van der Waals surface area contributed by atoms with Crippen molar-refractivity contribution in [3.05, 3.63) is 18.5 Å². The molecule has 0 radical (unpaired) electrons. The Hall–Kier alpha value is -1.10. The average molecular weight is 226 g/mol. The zero-order valence-electron chi connectivity index (χ0n) is 8.80. The molecule has 0 amide bonds. The van der Waals surface area contributed by atoms with E-state index in [0.29, 0.717) is 18.0 Å². The molecule has 1 heterocycles. The fourth-order valence-electron chi connectivity index (χ4n) is 1.25. The number of aliphatic carboxylic acids is 1. The summed E-state index contributed by atoms with van der Waals surface area (Å²) in [5.41, 5.74) is 0. The summed E-state index contributed by atoms with van der Waals surface area (Å²) < 4.78 is -0.804. The molecule has 0 fully saturated rings. The Morgan fingerprint density at radius 3 is 2.33 bits per heavy atom. The van der Waals surface area contributed by atoms with Gasteiger partial charge in [-0.15, -0.1) is 0 Å². The molecule has 0 aromatic carbocycles. The van der Waals surface area contributed by atoms with Gasteiger partial charge in [-0.05, 0) is 18.9 Å². The summed E-state index contributed by atoms with van der Waals surface area (Å²) in [6.45, 7) is 3.74. The van der Waals surface area contributed by atoms with Gasteiger partial charge in [0, 0.05) is 12.4 Å². The lowest BCUT2D eigenvalue weighted by molar-refractivity contribution is -0.140. The van der Waals surface area contributed by atoms with Crippen molar-refractivity contribution in [3.63, 3.8) is 0 Å². The number of thioether (sulfide) groups is 1. The summed E-state index contributed by atoms with van der Waals surface area (Å²) in [4.78, 5) is 19.3. The van der Waals surface area contributed by atoms with Crippen LogP contribution < -0.4 is 0 Å². The largest absolute Gasteiger partial charge is 0.480 e. The Morgan fingerprint density at radius 2 is 1.93 bits per heavy atom. The van der Waals surface area contributed by atoms with E-state index in [1.54, 1.807) is 18.5 Å². The minimum atomic E-state index is -0.804. The van der Waals surface area contributed by atoms with Crippen molar-refractivity contribution in [2.24, 2.45) is 0 Å². The van der Waals surface area contributed by atoms with Crippen molar-refractivity contribution < 1.29 is 9.90 Å². The van der Waals surface area contributed by atoms with Gasteiger partial charge in [-0.3, -0.25) is 4.79 Å². The number of hydrogen-bond acceptors (Lipinski definition) is 4. The van der Waals surface area contributed by atoms with Crippen LogP contribution in [0.1, 0.15) is 26.7 Å². The van der Waals surface area contributed by atoms with Gasteiger partial charge in [0.1, 0.15) is 4.75 Å². The van der Waals surface area contributed by atoms with Gasteiger partial charge in [0.2, 0.25) is 0 Å². The number of aromatic nitrogens is 2. The number of carboxylic acids is 1. The molecular weight excluding hydrogens is 212 g/mol. The molecule has 0 saturated heterocycles. The van der Waals surface area contributed by atoms with Gasteiger partial charge < -0.3 is 5.11 Å². The van der Waals surface area contributed by atoms with E-state index in [1.165, 1.54) is 11.8 Å². The molecular formula is C10H14N2O2S. The van der Waals surface area contributed by atoms with Crippen molar-refractivity contribution in [3.8, 4) is 0 Å². The molecule has 82 valence electrons. The van der Waals surface area contributed by atoms with Gasteiger partial charge in [0.25, 0.3) is 0 Å². The maximum atomic E-state index is 11.2. The molecule has 1 rings (SSSR count). The number of carbonyl (C=O) groups is 1. The quantitative estimate of drug-likeness (QED) is 0.616. The highest BCUT2D eigenvalue weighted by Crippen LogP contribution is 2.36.